The lowest BCUT2D eigenvalue weighted by Gasteiger charge is -2.26. The van der Waals surface area contributed by atoms with Gasteiger partial charge in [0, 0.05) is 12.6 Å². The van der Waals surface area contributed by atoms with E-state index < -0.39 is 5.92 Å². The fourth-order valence-electron chi connectivity index (χ4n) is 2.38. The van der Waals surface area contributed by atoms with Crippen LogP contribution in [0.2, 0.25) is 0 Å². The molecule has 1 amide bonds. The third-order valence-corrected chi connectivity index (χ3v) is 3.61. The maximum atomic E-state index is 12.7. The number of esters is 1. The third-order valence-electron chi connectivity index (χ3n) is 3.61. The van der Waals surface area contributed by atoms with Gasteiger partial charge < -0.3 is 15.4 Å². The lowest BCUT2D eigenvalue weighted by atomic mass is 9.97. The zero-order chi connectivity index (χ0) is 15.2. The maximum absolute atomic E-state index is 12.7. The smallest absolute Gasteiger partial charge is 0.325 e. The van der Waals surface area contributed by atoms with Crippen LogP contribution in [0, 0.1) is 0 Å². The van der Waals surface area contributed by atoms with E-state index in [4.69, 9.17) is 10.5 Å². The van der Waals surface area contributed by atoms with Gasteiger partial charge in [0.1, 0.15) is 6.54 Å². The van der Waals surface area contributed by atoms with Crippen LogP contribution >= 0.6 is 0 Å². The maximum Gasteiger partial charge on any atom is 0.325 e. The number of carbonyl (C=O) groups is 2. The Hall–Kier alpha value is -1.88. The molecule has 1 saturated carbocycles. The Labute approximate surface area is 125 Å². The van der Waals surface area contributed by atoms with E-state index in [0.29, 0.717) is 6.61 Å². The van der Waals surface area contributed by atoms with Crippen molar-refractivity contribution in [1.29, 1.82) is 0 Å². The third kappa shape index (κ3) is 4.04. The van der Waals surface area contributed by atoms with Gasteiger partial charge in [0.25, 0.3) is 0 Å². The fraction of sp³-hybridized carbons (Fsp3) is 0.500. The van der Waals surface area contributed by atoms with E-state index in [0.717, 1.165) is 18.4 Å². The molecule has 5 nitrogen and oxygen atoms in total. The van der Waals surface area contributed by atoms with Gasteiger partial charge in [-0.25, -0.2) is 0 Å². The van der Waals surface area contributed by atoms with Crippen molar-refractivity contribution in [3.05, 3.63) is 35.9 Å². The summed E-state index contributed by atoms with van der Waals surface area (Å²) in [6, 6.07) is 9.62. The number of amides is 1. The summed E-state index contributed by atoms with van der Waals surface area (Å²) in [7, 11) is 0. The summed E-state index contributed by atoms with van der Waals surface area (Å²) in [5.74, 6) is -0.845. The van der Waals surface area contributed by atoms with Crippen LogP contribution in [0.15, 0.2) is 30.3 Å². The highest BCUT2D eigenvalue weighted by atomic mass is 16.5. The standard InChI is InChI=1S/C16H22N2O3/c1-2-21-15(19)11-18(13-8-9-13)16(20)14(10-17)12-6-4-3-5-7-12/h3-7,13-14H,2,8-11,17H2,1H3. The average molecular weight is 290 g/mol. The lowest BCUT2D eigenvalue weighted by molar-refractivity contribution is -0.149. The van der Waals surface area contributed by atoms with E-state index in [2.05, 4.69) is 0 Å². The van der Waals surface area contributed by atoms with Crippen LogP contribution in [-0.2, 0) is 14.3 Å². The Balaban J connectivity index is 2.11. The first kappa shape index (κ1) is 15.5. The number of rotatable bonds is 7. The van der Waals surface area contributed by atoms with Crippen molar-refractivity contribution < 1.29 is 14.3 Å². The zero-order valence-electron chi connectivity index (χ0n) is 12.3. The normalized spacial score (nSPS) is 15.3. The molecule has 0 saturated heterocycles. The monoisotopic (exact) mass is 290 g/mol. The first-order valence-electron chi connectivity index (χ1n) is 7.38. The number of nitrogens with two attached hydrogens (primary N) is 1. The highest BCUT2D eigenvalue weighted by molar-refractivity contribution is 5.87. The minimum absolute atomic E-state index is 0.0146. The zero-order valence-corrected chi connectivity index (χ0v) is 12.3. The highest BCUT2D eigenvalue weighted by Gasteiger charge is 2.37. The predicted molar refractivity (Wildman–Crippen MR) is 79.6 cm³/mol. The summed E-state index contributed by atoms with van der Waals surface area (Å²) in [4.78, 5) is 26.1. The molecule has 1 aromatic rings. The van der Waals surface area contributed by atoms with Crippen LogP contribution in [-0.4, -0.2) is 42.5 Å². The van der Waals surface area contributed by atoms with Crippen LogP contribution in [0.3, 0.4) is 0 Å². The second-order valence-corrected chi connectivity index (χ2v) is 5.20. The van der Waals surface area contributed by atoms with Gasteiger partial charge in [-0.05, 0) is 25.3 Å². The van der Waals surface area contributed by atoms with Crippen molar-refractivity contribution in [2.45, 2.75) is 31.7 Å². The molecule has 0 heterocycles. The second kappa shape index (κ2) is 7.22. The topological polar surface area (TPSA) is 72.6 Å². The van der Waals surface area contributed by atoms with E-state index in [9.17, 15) is 9.59 Å². The van der Waals surface area contributed by atoms with Gasteiger partial charge in [-0.3, -0.25) is 9.59 Å². The van der Waals surface area contributed by atoms with Gasteiger partial charge >= 0.3 is 5.97 Å². The Morgan fingerprint density at radius 1 is 1.33 bits per heavy atom. The van der Waals surface area contributed by atoms with Gasteiger partial charge in [0.15, 0.2) is 0 Å². The van der Waals surface area contributed by atoms with Gasteiger partial charge in [-0.15, -0.1) is 0 Å². The molecule has 1 aromatic carbocycles. The van der Waals surface area contributed by atoms with Crippen LogP contribution in [0.1, 0.15) is 31.2 Å². The Morgan fingerprint density at radius 3 is 2.52 bits per heavy atom. The van der Waals surface area contributed by atoms with Crippen LogP contribution in [0.5, 0.6) is 0 Å². The van der Waals surface area contributed by atoms with E-state index >= 15 is 0 Å². The molecule has 2 rings (SSSR count). The van der Waals surface area contributed by atoms with Crippen LogP contribution in [0.4, 0.5) is 0 Å². The highest BCUT2D eigenvalue weighted by Crippen LogP contribution is 2.30. The molecule has 1 aliphatic rings. The number of benzene rings is 1. The SMILES string of the molecule is CCOC(=O)CN(C(=O)C(CN)c1ccccc1)C1CC1. The van der Waals surface area contributed by atoms with Gasteiger partial charge in [0.2, 0.25) is 5.91 Å². The Morgan fingerprint density at radius 2 is 2.00 bits per heavy atom. The molecule has 1 atom stereocenters. The number of carbonyl (C=O) groups excluding carboxylic acids is 2. The molecule has 1 unspecified atom stereocenters. The summed E-state index contributed by atoms with van der Waals surface area (Å²) < 4.78 is 4.96. The van der Waals surface area contributed by atoms with Crippen molar-refractivity contribution in [3.8, 4) is 0 Å². The number of ether oxygens (including phenoxy) is 1. The lowest BCUT2D eigenvalue weighted by Crippen LogP contribution is -2.42. The fourth-order valence-corrected chi connectivity index (χ4v) is 2.38. The summed E-state index contributed by atoms with van der Waals surface area (Å²) in [6.45, 7) is 2.33. The Kier molecular flexibility index (Phi) is 5.33. The summed E-state index contributed by atoms with van der Waals surface area (Å²) in [6.07, 6.45) is 1.88. The van der Waals surface area contributed by atoms with Gasteiger partial charge in [-0.1, -0.05) is 30.3 Å². The molecule has 114 valence electrons. The molecule has 1 fully saturated rings. The van der Waals surface area contributed by atoms with E-state index in [1.54, 1.807) is 11.8 Å². The molecule has 0 aromatic heterocycles. The number of nitrogens with zero attached hydrogens (tertiary/aromatic N) is 1. The number of hydrogen-bond donors (Lipinski definition) is 1. The quantitative estimate of drug-likeness (QED) is 0.768. The molecule has 0 aliphatic heterocycles. The largest absolute Gasteiger partial charge is 0.465 e. The van der Waals surface area contributed by atoms with Crippen LogP contribution < -0.4 is 5.73 Å². The van der Waals surface area contributed by atoms with E-state index in [-0.39, 0.29) is 31.0 Å². The van der Waals surface area contributed by atoms with E-state index in [1.165, 1.54) is 0 Å². The first-order chi connectivity index (χ1) is 10.2. The molecule has 0 bridgehead atoms. The van der Waals surface area contributed by atoms with Crippen molar-refractivity contribution in [1.82, 2.24) is 4.90 Å². The summed E-state index contributed by atoms with van der Waals surface area (Å²) in [5, 5.41) is 0. The second-order valence-electron chi connectivity index (χ2n) is 5.20. The molecular formula is C16H22N2O3. The molecule has 0 spiro atoms. The van der Waals surface area contributed by atoms with Crippen molar-refractivity contribution in [3.63, 3.8) is 0 Å². The minimum atomic E-state index is -0.402. The molecule has 21 heavy (non-hydrogen) atoms. The predicted octanol–water partition coefficient (Wildman–Crippen LogP) is 1.28. The minimum Gasteiger partial charge on any atom is -0.465 e. The Bertz CT molecular complexity index is 486. The van der Waals surface area contributed by atoms with Gasteiger partial charge in [0.05, 0.1) is 12.5 Å². The first-order valence-corrected chi connectivity index (χ1v) is 7.38. The molecule has 2 N–H and O–H groups in total. The van der Waals surface area contributed by atoms with Crippen molar-refractivity contribution in [2.24, 2.45) is 5.73 Å². The summed E-state index contributed by atoms with van der Waals surface area (Å²) >= 11 is 0. The average Bonchev–Trinajstić information content (AvgIpc) is 3.31. The molecular weight excluding hydrogens is 268 g/mol. The van der Waals surface area contributed by atoms with Crippen molar-refractivity contribution in [2.75, 3.05) is 19.7 Å². The molecule has 0 radical (unpaired) electrons. The van der Waals surface area contributed by atoms with Crippen molar-refractivity contribution >= 4 is 11.9 Å². The molecule has 1 aliphatic carbocycles. The number of hydrogen-bond acceptors (Lipinski definition) is 4. The van der Waals surface area contributed by atoms with Gasteiger partial charge in [-0.2, -0.15) is 0 Å². The summed E-state index contributed by atoms with van der Waals surface area (Å²) in [5.41, 5.74) is 6.68. The van der Waals surface area contributed by atoms with E-state index in [1.807, 2.05) is 30.3 Å². The molecule has 5 heteroatoms. The van der Waals surface area contributed by atoms with Crippen LogP contribution in [0.25, 0.3) is 0 Å².